The molecule has 2 aromatic rings. The monoisotopic (exact) mass is 365 g/mol. The van der Waals surface area contributed by atoms with Crippen molar-refractivity contribution in [1.82, 2.24) is 0 Å². The van der Waals surface area contributed by atoms with Crippen molar-refractivity contribution in [3.8, 4) is 0 Å². The minimum Gasteiger partial charge on any atom is -0.326 e. The third kappa shape index (κ3) is 4.94. The first-order valence-corrected chi connectivity index (χ1v) is 9.04. The van der Waals surface area contributed by atoms with Crippen molar-refractivity contribution in [2.45, 2.75) is 26.7 Å². The summed E-state index contributed by atoms with van der Waals surface area (Å²) in [6.07, 6.45) is 1.48. The second kappa shape index (κ2) is 8.03. The highest BCUT2D eigenvalue weighted by atomic mass is 16.2. The lowest BCUT2D eigenvalue weighted by Crippen LogP contribution is -2.20. The van der Waals surface area contributed by atoms with E-state index < -0.39 is 0 Å². The summed E-state index contributed by atoms with van der Waals surface area (Å²) in [7, 11) is 0. The summed E-state index contributed by atoms with van der Waals surface area (Å²) in [5.74, 6) is -1.13. The summed E-state index contributed by atoms with van der Waals surface area (Å²) in [6, 6.07) is 14.6. The van der Waals surface area contributed by atoms with Crippen molar-refractivity contribution in [2.24, 2.45) is 11.8 Å². The third-order valence-corrected chi connectivity index (χ3v) is 4.54. The van der Waals surface area contributed by atoms with Gasteiger partial charge in [0.25, 0.3) is 0 Å². The maximum Gasteiger partial charge on any atom is 0.228 e. The summed E-state index contributed by atoms with van der Waals surface area (Å²) in [6.45, 7) is 3.50. The molecule has 1 saturated carbocycles. The van der Waals surface area contributed by atoms with Gasteiger partial charge in [-0.25, -0.2) is 0 Å². The van der Waals surface area contributed by atoms with Crippen molar-refractivity contribution in [3.05, 3.63) is 54.1 Å². The average molecular weight is 365 g/mol. The normalized spacial score (nSPS) is 17.7. The van der Waals surface area contributed by atoms with E-state index in [1.807, 2.05) is 24.3 Å². The molecule has 0 heterocycles. The number of hydrogen-bond donors (Lipinski definition) is 3. The van der Waals surface area contributed by atoms with Gasteiger partial charge in [0.1, 0.15) is 0 Å². The summed E-state index contributed by atoms with van der Waals surface area (Å²) in [5, 5.41) is 8.35. The molecule has 2 aromatic carbocycles. The lowest BCUT2D eigenvalue weighted by atomic mass is 10.1. The Bertz CT molecular complexity index is 861. The number of nitrogens with one attached hydrogen (secondary N) is 3. The number of benzene rings is 2. The molecule has 27 heavy (non-hydrogen) atoms. The zero-order chi connectivity index (χ0) is 19.4. The number of aryl methyl sites for hydroxylation is 1. The summed E-state index contributed by atoms with van der Waals surface area (Å²) < 4.78 is 0. The maximum atomic E-state index is 12.4. The number of carbonyl (C=O) groups excluding carboxylic acids is 3. The largest absolute Gasteiger partial charge is 0.326 e. The molecule has 3 rings (SSSR count). The molecular weight excluding hydrogens is 342 g/mol. The van der Waals surface area contributed by atoms with Crippen LogP contribution in [0.5, 0.6) is 0 Å². The first-order valence-electron chi connectivity index (χ1n) is 9.04. The number of carbonyl (C=O) groups is 3. The van der Waals surface area contributed by atoms with Gasteiger partial charge in [-0.15, -0.1) is 0 Å². The predicted molar refractivity (Wildman–Crippen MR) is 105 cm³/mol. The highest BCUT2D eigenvalue weighted by Gasteiger charge is 2.48. The molecule has 140 valence electrons. The molecule has 1 aliphatic rings. The Hall–Kier alpha value is -3.15. The van der Waals surface area contributed by atoms with Crippen LogP contribution in [0.1, 0.15) is 25.8 Å². The molecule has 0 spiro atoms. The molecule has 0 saturated heterocycles. The fourth-order valence-corrected chi connectivity index (χ4v) is 2.95. The molecule has 6 heteroatoms. The summed E-state index contributed by atoms with van der Waals surface area (Å²) in [4.78, 5) is 35.8. The van der Waals surface area contributed by atoms with E-state index in [2.05, 4.69) is 22.9 Å². The Kier molecular flexibility index (Phi) is 5.54. The molecule has 1 aliphatic carbocycles. The molecule has 3 N–H and O–H groups in total. The summed E-state index contributed by atoms with van der Waals surface area (Å²) in [5.41, 5.74) is 3.15. The van der Waals surface area contributed by atoms with Crippen LogP contribution in [0, 0.1) is 11.8 Å². The molecule has 0 radical (unpaired) electrons. The molecule has 6 nitrogen and oxygen atoms in total. The standard InChI is InChI=1S/C21H23N3O3/c1-3-14-7-9-15(10-8-14)23-20(26)18-12-19(18)21(27)24-17-6-4-5-16(11-17)22-13(2)25/h4-11,18-19H,3,12H2,1-2H3,(H,22,25)(H,23,26)(H,24,27). The first-order chi connectivity index (χ1) is 13.0. The van der Waals surface area contributed by atoms with Crippen LogP contribution in [0.2, 0.25) is 0 Å². The zero-order valence-corrected chi connectivity index (χ0v) is 15.4. The van der Waals surface area contributed by atoms with Gasteiger partial charge in [0.15, 0.2) is 0 Å². The number of anilines is 3. The van der Waals surface area contributed by atoms with Gasteiger partial charge in [0.05, 0.1) is 11.8 Å². The van der Waals surface area contributed by atoms with Gasteiger partial charge < -0.3 is 16.0 Å². The van der Waals surface area contributed by atoms with E-state index in [4.69, 9.17) is 0 Å². The van der Waals surface area contributed by atoms with E-state index in [1.165, 1.54) is 12.5 Å². The molecule has 1 fully saturated rings. The smallest absolute Gasteiger partial charge is 0.228 e. The quantitative estimate of drug-likeness (QED) is 0.733. The first kappa shape index (κ1) is 18.6. The van der Waals surface area contributed by atoms with Crippen LogP contribution in [-0.4, -0.2) is 17.7 Å². The van der Waals surface area contributed by atoms with Crippen molar-refractivity contribution >= 4 is 34.8 Å². The second-order valence-electron chi connectivity index (χ2n) is 6.74. The van der Waals surface area contributed by atoms with Gasteiger partial charge in [-0.3, -0.25) is 14.4 Å². The highest BCUT2D eigenvalue weighted by Crippen LogP contribution is 2.40. The number of rotatable bonds is 6. The molecule has 2 unspecified atom stereocenters. The molecule has 0 bridgehead atoms. The van der Waals surface area contributed by atoms with Crippen LogP contribution in [0.4, 0.5) is 17.1 Å². The molecular formula is C21H23N3O3. The van der Waals surface area contributed by atoms with E-state index in [-0.39, 0.29) is 29.6 Å². The van der Waals surface area contributed by atoms with Crippen molar-refractivity contribution < 1.29 is 14.4 Å². The van der Waals surface area contributed by atoms with Crippen molar-refractivity contribution in [1.29, 1.82) is 0 Å². The van der Waals surface area contributed by atoms with Crippen LogP contribution >= 0.6 is 0 Å². The molecule has 2 atom stereocenters. The van der Waals surface area contributed by atoms with Crippen LogP contribution < -0.4 is 16.0 Å². The minimum atomic E-state index is -0.329. The van der Waals surface area contributed by atoms with E-state index in [0.29, 0.717) is 17.8 Å². The number of amides is 3. The Balaban J connectivity index is 1.53. The number of hydrogen-bond acceptors (Lipinski definition) is 3. The lowest BCUT2D eigenvalue weighted by Gasteiger charge is -2.08. The van der Waals surface area contributed by atoms with Crippen molar-refractivity contribution in [3.63, 3.8) is 0 Å². The highest BCUT2D eigenvalue weighted by molar-refractivity contribution is 6.03. The fourth-order valence-electron chi connectivity index (χ4n) is 2.95. The van der Waals surface area contributed by atoms with Gasteiger partial charge in [-0.05, 0) is 48.7 Å². The fraction of sp³-hybridized carbons (Fsp3) is 0.286. The van der Waals surface area contributed by atoms with Crippen LogP contribution in [-0.2, 0) is 20.8 Å². The molecule has 3 amide bonds. The Morgan fingerprint density at radius 1 is 0.852 bits per heavy atom. The topological polar surface area (TPSA) is 87.3 Å². The van der Waals surface area contributed by atoms with Gasteiger partial charge in [-0.2, -0.15) is 0 Å². The van der Waals surface area contributed by atoms with Crippen LogP contribution in [0.25, 0.3) is 0 Å². The van der Waals surface area contributed by atoms with E-state index in [9.17, 15) is 14.4 Å². The van der Waals surface area contributed by atoms with Crippen molar-refractivity contribution in [2.75, 3.05) is 16.0 Å². The van der Waals surface area contributed by atoms with E-state index in [1.54, 1.807) is 24.3 Å². The third-order valence-electron chi connectivity index (χ3n) is 4.54. The van der Waals surface area contributed by atoms with Crippen LogP contribution in [0.15, 0.2) is 48.5 Å². The van der Waals surface area contributed by atoms with Gasteiger partial charge in [0, 0.05) is 24.0 Å². The lowest BCUT2D eigenvalue weighted by molar-refractivity contribution is -0.122. The minimum absolute atomic E-state index is 0.133. The van der Waals surface area contributed by atoms with E-state index >= 15 is 0 Å². The van der Waals surface area contributed by atoms with Gasteiger partial charge in [-0.1, -0.05) is 25.1 Å². The summed E-state index contributed by atoms with van der Waals surface area (Å²) >= 11 is 0. The average Bonchev–Trinajstić information content (AvgIpc) is 3.43. The Morgan fingerprint density at radius 2 is 1.41 bits per heavy atom. The maximum absolute atomic E-state index is 12.4. The van der Waals surface area contributed by atoms with Gasteiger partial charge >= 0.3 is 0 Å². The Labute approximate surface area is 158 Å². The molecule has 0 aromatic heterocycles. The zero-order valence-electron chi connectivity index (χ0n) is 15.4. The van der Waals surface area contributed by atoms with E-state index in [0.717, 1.165) is 12.1 Å². The SMILES string of the molecule is CCc1ccc(NC(=O)C2CC2C(=O)Nc2cccc(NC(C)=O)c2)cc1. The van der Waals surface area contributed by atoms with Crippen LogP contribution in [0.3, 0.4) is 0 Å². The van der Waals surface area contributed by atoms with Gasteiger partial charge in [0.2, 0.25) is 17.7 Å². The second-order valence-corrected chi connectivity index (χ2v) is 6.74. The predicted octanol–water partition coefficient (Wildman–Crippen LogP) is 3.42. The molecule has 0 aliphatic heterocycles. The Morgan fingerprint density at radius 3 is 1.96 bits per heavy atom.